The molecule has 0 amide bonds. The van der Waals surface area contributed by atoms with Gasteiger partial charge in [-0.2, -0.15) is 4.31 Å². The van der Waals surface area contributed by atoms with Crippen molar-refractivity contribution in [2.75, 3.05) is 19.6 Å². The molecule has 0 aliphatic carbocycles. The van der Waals surface area contributed by atoms with Gasteiger partial charge in [-0.1, -0.05) is 24.6 Å². The predicted molar refractivity (Wildman–Crippen MR) is 115 cm³/mol. The van der Waals surface area contributed by atoms with Gasteiger partial charge in [0.2, 0.25) is 10.0 Å². The third kappa shape index (κ3) is 6.01. The topological polar surface area (TPSA) is 86.7 Å². The normalized spacial score (nSPS) is 15.8. The number of benzene rings is 1. The molecule has 0 saturated carbocycles. The van der Waals surface area contributed by atoms with Crippen molar-refractivity contribution in [1.29, 1.82) is 0 Å². The fraction of sp³-hybridized carbons (Fsp3) is 0.429. The number of rotatable bonds is 7. The zero-order valence-electron chi connectivity index (χ0n) is 16.8. The Hall–Kier alpha value is -2.45. The van der Waals surface area contributed by atoms with E-state index in [-0.39, 0.29) is 0 Å². The van der Waals surface area contributed by atoms with Gasteiger partial charge in [0, 0.05) is 25.8 Å². The van der Waals surface area contributed by atoms with Crippen molar-refractivity contribution in [1.82, 2.24) is 19.9 Å². The quantitative estimate of drug-likeness (QED) is 0.536. The molecule has 1 aliphatic rings. The van der Waals surface area contributed by atoms with Gasteiger partial charge in [0.05, 0.1) is 23.7 Å². The first-order chi connectivity index (χ1) is 14.1. The number of aliphatic imine (C=N–C) groups is 1. The third-order valence-corrected chi connectivity index (χ3v) is 6.72. The molecule has 0 spiro atoms. The lowest BCUT2D eigenvalue weighted by Crippen LogP contribution is -2.37. The smallest absolute Gasteiger partial charge is 0.243 e. The average molecular weight is 416 g/mol. The molecule has 2 heterocycles. The average Bonchev–Trinajstić information content (AvgIpc) is 2.77. The summed E-state index contributed by atoms with van der Waals surface area (Å²) in [6.07, 6.45) is 4.74. The highest BCUT2D eigenvalue weighted by Gasteiger charge is 2.25. The number of hydrogen-bond acceptors (Lipinski definition) is 4. The summed E-state index contributed by atoms with van der Waals surface area (Å²) >= 11 is 0. The van der Waals surface area contributed by atoms with Crippen LogP contribution in [0.1, 0.15) is 37.4 Å². The van der Waals surface area contributed by atoms with Crippen LogP contribution in [0.15, 0.2) is 58.5 Å². The SMILES string of the molecule is CCNC(=NCc1ccc(S(=O)(=O)N2CCCCC2)cc1)NCc1ccccn1. The zero-order valence-corrected chi connectivity index (χ0v) is 17.7. The van der Waals surface area contributed by atoms with E-state index in [4.69, 9.17) is 0 Å². The van der Waals surface area contributed by atoms with E-state index in [1.54, 1.807) is 22.6 Å². The molecule has 2 aromatic rings. The zero-order chi connectivity index (χ0) is 20.5. The first kappa shape index (κ1) is 21.3. The molecular weight excluding hydrogens is 386 g/mol. The first-order valence-corrected chi connectivity index (χ1v) is 11.5. The number of nitrogens with zero attached hydrogens (tertiary/aromatic N) is 3. The van der Waals surface area contributed by atoms with E-state index in [1.165, 1.54) is 0 Å². The maximum absolute atomic E-state index is 12.7. The van der Waals surface area contributed by atoms with E-state index in [0.717, 1.165) is 37.1 Å². The van der Waals surface area contributed by atoms with E-state index >= 15 is 0 Å². The molecule has 3 rings (SSSR count). The second kappa shape index (κ2) is 10.4. The van der Waals surface area contributed by atoms with Gasteiger partial charge in [-0.05, 0) is 49.6 Å². The fourth-order valence-corrected chi connectivity index (χ4v) is 4.73. The van der Waals surface area contributed by atoms with Gasteiger partial charge < -0.3 is 10.6 Å². The van der Waals surface area contributed by atoms with Crippen LogP contribution in [-0.4, -0.2) is 43.3 Å². The molecule has 7 nitrogen and oxygen atoms in total. The van der Waals surface area contributed by atoms with Crippen molar-refractivity contribution < 1.29 is 8.42 Å². The summed E-state index contributed by atoms with van der Waals surface area (Å²) < 4.78 is 27.1. The monoisotopic (exact) mass is 415 g/mol. The number of aromatic nitrogens is 1. The second-order valence-corrected chi connectivity index (χ2v) is 8.92. The Balaban J connectivity index is 1.62. The summed E-state index contributed by atoms with van der Waals surface area (Å²) in [6, 6.07) is 12.8. The Labute approximate surface area is 173 Å². The summed E-state index contributed by atoms with van der Waals surface area (Å²) in [4.78, 5) is 9.24. The van der Waals surface area contributed by atoms with Crippen LogP contribution in [0, 0.1) is 0 Å². The van der Waals surface area contributed by atoms with Crippen LogP contribution in [-0.2, 0) is 23.1 Å². The van der Waals surface area contributed by atoms with Crippen LogP contribution in [0.4, 0.5) is 0 Å². The number of piperidine rings is 1. The van der Waals surface area contributed by atoms with Gasteiger partial charge >= 0.3 is 0 Å². The summed E-state index contributed by atoms with van der Waals surface area (Å²) in [5.74, 6) is 0.697. The maximum atomic E-state index is 12.7. The molecule has 29 heavy (non-hydrogen) atoms. The minimum Gasteiger partial charge on any atom is -0.357 e. The van der Waals surface area contributed by atoms with Crippen molar-refractivity contribution in [3.63, 3.8) is 0 Å². The van der Waals surface area contributed by atoms with E-state index in [2.05, 4.69) is 20.6 Å². The molecule has 0 atom stereocenters. The van der Waals surface area contributed by atoms with Crippen LogP contribution in [0.5, 0.6) is 0 Å². The van der Waals surface area contributed by atoms with Crippen LogP contribution in [0.2, 0.25) is 0 Å². The molecule has 1 aromatic heterocycles. The molecule has 0 radical (unpaired) electrons. The van der Waals surface area contributed by atoms with Crippen molar-refractivity contribution in [3.8, 4) is 0 Å². The van der Waals surface area contributed by atoms with E-state index in [0.29, 0.717) is 37.0 Å². The van der Waals surface area contributed by atoms with Crippen LogP contribution >= 0.6 is 0 Å². The minimum atomic E-state index is -3.39. The van der Waals surface area contributed by atoms with Crippen molar-refractivity contribution in [3.05, 3.63) is 59.9 Å². The molecular formula is C21H29N5O2S. The lowest BCUT2D eigenvalue weighted by molar-refractivity contribution is 0.346. The molecule has 1 aliphatic heterocycles. The van der Waals surface area contributed by atoms with Crippen molar-refractivity contribution >= 4 is 16.0 Å². The highest BCUT2D eigenvalue weighted by molar-refractivity contribution is 7.89. The van der Waals surface area contributed by atoms with E-state index in [1.807, 2.05) is 37.3 Å². The highest BCUT2D eigenvalue weighted by atomic mass is 32.2. The summed E-state index contributed by atoms with van der Waals surface area (Å²) in [5.41, 5.74) is 1.89. The summed E-state index contributed by atoms with van der Waals surface area (Å²) in [5, 5.41) is 6.47. The number of pyridine rings is 1. The molecule has 156 valence electrons. The lowest BCUT2D eigenvalue weighted by atomic mass is 10.2. The van der Waals surface area contributed by atoms with Crippen molar-refractivity contribution in [2.24, 2.45) is 4.99 Å². The maximum Gasteiger partial charge on any atom is 0.243 e. The number of sulfonamides is 1. The van der Waals surface area contributed by atoms with Crippen LogP contribution in [0.3, 0.4) is 0 Å². The Kier molecular flexibility index (Phi) is 7.60. The summed E-state index contributed by atoms with van der Waals surface area (Å²) in [7, 11) is -3.39. The van der Waals surface area contributed by atoms with Gasteiger partial charge in [0.1, 0.15) is 0 Å². The van der Waals surface area contributed by atoms with Crippen molar-refractivity contribution in [2.45, 2.75) is 44.2 Å². The molecule has 2 N–H and O–H groups in total. The standard InChI is InChI=1S/C21H29N5O2S/c1-2-22-21(25-17-19-8-4-5-13-23-19)24-16-18-9-11-20(12-10-18)29(27,28)26-14-6-3-7-15-26/h4-5,8-13H,2-3,6-7,14-17H2,1H3,(H2,22,24,25). The summed E-state index contributed by atoms with van der Waals surface area (Å²) in [6.45, 7) is 5.03. The third-order valence-electron chi connectivity index (χ3n) is 4.80. The molecule has 1 aromatic carbocycles. The van der Waals surface area contributed by atoms with Gasteiger partial charge in [0.25, 0.3) is 0 Å². The molecule has 1 saturated heterocycles. The fourth-order valence-electron chi connectivity index (χ4n) is 3.21. The molecule has 8 heteroatoms. The Bertz CT molecular complexity index is 892. The van der Waals surface area contributed by atoms with Crippen LogP contribution in [0.25, 0.3) is 0 Å². The Morgan fingerprint density at radius 3 is 2.48 bits per heavy atom. The number of hydrogen-bond donors (Lipinski definition) is 2. The van der Waals surface area contributed by atoms with Crippen LogP contribution < -0.4 is 10.6 Å². The first-order valence-electron chi connectivity index (χ1n) is 10.1. The molecule has 1 fully saturated rings. The minimum absolute atomic E-state index is 0.354. The second-order valence-electron chi connectivity index (χ2n) is 6.98. The Morgan fingerprint density at radius 1 is 1.07 bits per heavy atom. The predicted octanol–water partition coefficient (Wildman–Crippen LogP) is 2.51. The van der Waals surface area contributed by atoms with Gasteiger partial charge in [0.15, 0.2) is 5.96 Å². The Morgan fingerprint density at radius 2 is 1.83 bits per heavy atom. The lowest BCUT2D eigenvalue weighted by Gasteiger charge is -2.25. The van der Waals surface area contributed by atoms with E-state index in [9.17, 15) is 8.42 Å². The van der Waals surface area contributed by atoms with E-state index < -0.39 is 10.0 Å². The number of nitrogens with one attached hydrogen (secondary N) is 2. The molecule has 0 bridgehead atoms. The van der Waals surface area contributed by atoms with Gasteiger partial charge in [-0.3, -0.25) is 4.98 Å². The van der Waals surface area contributed by atoms with Gasteiger partial charge in [-0.25, -0.2) is 13.4 Å². The largest absolute Gasteiger partial charge is 0.357 e. The highest BCUT2D eigenvalue weighted by Crippen LogP contribution is 2.21. The molecule has 0 unspecified atom stereocenters. The van der Waals surface area contributed by atoms with Gasteiger partial charge in [-0.15, -0.1) is 0 Å². The number of guanidine groups is 1.